The Morgan fingerprint density at radius 3 is 2.32 bits per heavy atom. The molecule has 0 spiro atoms. The Labute approximate surface area is 118 Å². The SMILES string of the molecule is CN1CCN(Nc2ccc(C(F)(F)F)cc2Br)CC1. The second-order valence-corrected chi connectivity index (χ2v) is 5.45. The van der Waals surface area contributed by atoms with Crippen LogP contribution in [0.5, 0.6) is 0 Å². The summed E-state index contributed by atoms with van der Waals surface area (Å²) in [6.07, 6.45) is -4.31. The normalized spacial score (nSPS) is 18.6. The molecule has 1 aromatic rings. The smallest absolute Gasteiger partial charge is 0.318 e. The van der Waals surface area contributed by atoms with E-state index in [1.165, 1.54) is 6.07 Å². The van der Waals surface area contributed by atoms with E-state index in [9.17, 15) is 13.2 Å². The van der Waals surface area contributed by atoms with Crippen molar-refractivity contribution >= 4 is 21.6 Å². The Hall–Kier alpha value is -0.790. The fourth-order valence-electron chi connectivity index (χ4n) is 1.87. The Morgan fingerprint density at radius 1 is 1.16 bits per heavy atom. The minimum Gasteiger partial charge on any atom is -0.318 e. The maximum Gasteiger partial charge on any atom is 0.416 e. The number of nitrogens with one attached hydrogen (secondary N) is 1. The van der Waals surface area contributed by atoms with Crippen molar-refractivity contribution in [3.63, 3.8) is 0 Å². The molecule has 0 unspecified atom stereocenters. The average molecular weight is 338 g/mol. The van der Waals surface area contributed by atoms with Gasteiger partial charge < -0.3 is 10.3 Å². The van der Waals surface area contributed by atoms with Crippen molar-refractivity contribution < 1.29 is 13.2 Å². The lowest BCUT2D eigenvalue weighted by molar-refractivity contribution is -0.137. The summed E-state index contributed by atoms with van der Waals surface area (Å²) in [6, 6.07) is 3.63. The molecule has 2 rings (SSSR count). The van der Waals surface area contributed by atoms with Crippen molar-refractivity contribution in [3.8, 4) is 0 Å². The van der Waals surface area contributed by atoms with Gasteiger partial charge >= 0.3 is 6.18 Å². The van der Waals surface area contributed by atoms with Crippen molar-refractivity contribution in [3.05, 3.63) is 28.2 Å². The molecule has 106 valence electrons. The molecular formula is C12H15BrF3N3. The standard InChI is InChI=1S/C12H15BrF3N3/c1-18-4-6-19(7-5-18)17-11-3-2-9(8-10(11)13)12(14,15)16/h2-3,8,17H,4-7H2,1H3. The van der Waals surface area contributed by atoms with Crippen LogP contribution in [0, 0.1) is 0 Å². The van der Waals surface area contributed by atoms with Gasteiger partial charge in [0, 0.05) is 30.7 Å². The van der Waals surface area contributed by atoms with E-state index in [4.69, 9.17) is 0 Å². The number of hydrazine groups is 1. The van der Waals surface area contributed by atoms with Gasteiger partial charge in [0.1, 0.15) is 0 Å². The molecule has 19 heavy (non-hydrogen) atoms. The summed E-state index contributed by atoms with van der Waals surface area (Å²) in [5.41, 5.74) is 3.14. The fraction of sp³-hybridized carbons (Fsp3) is 0.500. The number of halogens is 4. The van der Waals surface area contributed by atoms with Crippen LogP contribution in [-0.4, -0.2) is 43.1 Å². The highest BCUT2D eigenvalue weighted by molar-refractivity contribution is 9.10. The quantitative estimate of drug-likeness (QED) is 0.894. The number of rotatable bonds is 2. The van der Waals surface area contributed by atoms with Crippen molar-refractivity contribution in [2.45, 2.75) is 6.18 Å². The number of nitrogens with zero attached hydrogens (tertiary/aromatic N) is 2. The lowest BCUT2D eigenvalue weighted by Crippen LogP contribution is -2.46. The number of likely N-dealkylation sites (N-methyl/N-ethyl adjacent to an activating group) is 1. The number of anilines is 1. The largest absolute Gasteiger partial charge is 0.416 e. The molecule has 0 aliphatic carbocycles. The van der Waals surface area contributed by atoms with E-state index in [-0.39, 0.29) is 0 Å². The van der Waals surface area contributed by atoms with Crippen LogP contribution < -0.4 is 5.43 Å². The summed E-state index contributed by atoms with van der Waals surface area (Å²) in [5.74, 6) is 0. The Bertz CT molecular complexity index is 442. The van der Waals surface area contributed by atoms with E-state index in [1.807, 2.05) is 12.1 Å². The number of hydrogen-bond acceptors (Lipinski definition) is 3. The molecule has 1 aromatic carbocycles. The topological polar surface area (TPSA) is 18.5 Å². The number of piperazine rings is 1. The molecule has 1 N–H and O–H groups in total. The third-order valence-electron chi connectivity index (χ3n) is 3.08. The van der Waals surface area contributed by atoms with Crippen molar-refractivity contribution in [2.24, 2.45) is 0 Å². The predicted molar refractivity (Wildman–Crippen MR) is 71.8 cm³/mol. The van der Waals surface area contributed by atoms with Gasteiger partial charge in [-0.15, -0.1) is 0 Å². The molecular weight excluding hydrogens is 323 g/mol. The van der Waals surface area contributed by atoms with Gasteiger partial charge in [-0.2, -0.15) is 13.2 Å². The zero-order valence-electron chi connectivity index (χ0n) is 10.5. The summed E-state index contributed by atoms with van der Waals surface area (Å²) < 4.78 is 38.0. The van der Waals surface area contributed by atoms with E-state index in [0.717, 1.165) is 38.3 Å². The Kier molecular flexibility index (Phi) is 4.37. The maximum atomic E-state index is 12.5. The first-order chi connectivity index (χ1) is 8.86. The van der Waals surface area contributed by atoms with Gasteiger partial charge in [-0.25, -0.2) is 5.01 Å². The van der Waals surface area contributed by atoms with Gasteiger partial charge in [0.25, 0.3) is 0 Å². The second-order valence-electron chi connectivity index (χ2n) is 4.59. The van der Waals surface area contributed by atoms with Gasteiger partial charge in [-0.1, -0.05) is 0 Å². The summed E-state index contributed by atoms with van der Waals surface area (Å²) in [5, 5.41) is 2.01. The summed E-state index contributed by atoms with van der Waals surface area (Å²) in [7, 11) is 2.05. The molecule has 1 heterocycles. The molecule has 0 atom stereocenters. The van der Waals surface area contributed by atoms with Gasteiger partial charge in [0.15, 0.2) is 0 Å². The third-order valence-corrected chi connectivity index (χ3v) is 3.73. The van der Waals surface area contributed by atoms with Crippen LogP contribution in [0.1, 0.15) is 5.56 Å². The van der Waals surface area contributed by atoms with Gasteiger partial charge in [-0.05, 0) is 41.2 Å². The molecule has 1 aliphatic rings. The first kappa shape index (κ1) is 14.6. The minimum absolute atomic E-state index is 0.418. The van der Waals surface area contributed by atoms with Gasteiger partial charge in [0.05, 0.1) is 11.3 Å². The first-order valence-corrected chi connectivity index (χ1v) is 6.72. The minimum atomic E-state index is -4.31. The summed E-state index contributed by atoms with van der Waals surface area (Å²) in [4.78, 5) is 2.21. The Morgan fingerprint density at radius 2 is 1.79 bits per heavy atom. The maximum absolute atomic E-state index is 12.5. The van der Waals surface area contributed by atoms with Crippen LogP contribution in [0.3, 0.4) is 0 Å². The average Bonchev–Trinajstić information content (AvgIpc) is 2.33. The van der Waals surface area contributed by atoms with Crippen LogP contribution in [0.15, 0.2) is 22.7 Å². The van der Waals surface area contributed by atoms with Crippen molar-refractivity contribution in [1.29, 1.82) is 0 Å². The fourth-order valence-corrected chi connectivity index (χ4v) is 2.34. The highest BCUT2D eigenvalue weighted by atomic mass is 79.9. The molecule has 0 radical (unpaired) electrons. The third kappa shape index (κ3) is 3.84. The van der Waals surface area contributed by atoms with E-state index >= 15 is 0 Å². The monoisotopic (exact) mass is 337 g/mol. The lowest BCUT2D eigenvalue weighted by Gasteiger charge is -2.33. The van der Waals surface area contributed by atoms with E-state index in [0.29, 0.717) is 10.2 Å². The highest BCUT2D eigenvalue weighted by Gasteiger charge is 2.30. The molecule has 1 fully saturated rings. The van der Waals surface area contributed by atoms with Gasteiger partial charge in [-0.3, -0.25) is 0 Å². The van der Waals surface area contributed by atoms with Gasteiger partial charge in [0.2, 0.25) is 0 Å². The second kappa shape index (κ2) is 5.68. The van der Waals surface area contributed by atoms with E-state index in [2.05, 4.69) is 26.3 Å². The number of alkyl halides is 3. The Balaban J connectivity index is 2.05. The van der Waals surface area contributed by atoms with E-state index < -0.39 is 11.7 Å². The molecule has 3 nitrogen and oxygen atoms in total. The summed E-state index contributed by atoms with van der Waals surface area (Å²) in [6.45, 7) is 3.55. The van der Waals surface area contributed by atoms with Crippen LogP contribution in [0.4, 0.5) is 18.9 Å². The molecule has 7 heteroatoms. The number of benzene rings is 1. The first-order valence-electron chi connectivity index (χ1n) is 5.93. The molecule has 0 amide bonds. The lowest BCUT2D eigenvalue weighted by atomic mass is 10.2. The van der Waals surface area contributed by atoms with Crippen molar-refractivity contribution in [1.82, 2.24) is 9.91 Å². The molecule has 1 aliphatic heterocycles. The number of hydrogen-bond donors (Lipinski definition) is 1. The van der Waals surface area contributed by atoms with E-state index in [1.54, 1.807) is 0 Å². The zero-order valence-corrected chi connectivity index (χ0v) is 12.1. The van der Waals surface area contributed by atoms with Crippen LogP contribution >= 0.6 is 15.9 Å². The van der Waals surface area contributed by atoms with Crippen LogP contribution in [-0.2, 0) is 6.18 Å². The molecule has 0 saturated carbocycles. The molecule has 1 saturated heterocycles. The highest BCUT2D eigenvalue weighted by Crippen LogP contribution is 2.34. The summed E-state index contributed by atoms with van der Waals surface area (Å²) >= 11 is 3.18. The predicted octanol–water partition coefficient (Wildman–Crippen LogP) is 3.04. The van der Waals surface area contributed by atoms with Crippen LogP contribution in [0.25, 0.3) is 0 Å². The molecule has 0 bridgehead atoms. The van der Waals surface area contributed by atoms with Crippen LogP contribution in [0.2, 0.25) is 0 Å². The van der Waals surface area contributed by atoms with Crippen molar-refractivity contribution in [2.75, 3.05) is 38.7 Å². The zero-order chi connectivity index (χ0) is 14.0. The molecule has 0 aromatic heterocycles.